The summed E-state index contributed by atoms with van der Waals surface area (Å²) in [6, 6.07) is 6.98. The molecule has 5 rings (SSSR count). The van der Waals surface area contributed by atoms with E-state index in [-0.39, 0.29) is 36.3 Å². The maximum atomic E-state index is 13.2. The van der Waals surface area contributed by atoms with Gasteiger partial charge in [0.25, 0.3) is 15.9 Å². The van der Waals surface area contributed by atoms with Gasteiger partial charge in [-0.05, 0) is 30.0 Å². The van der Waals surface area contributed by atoms with Gasteiger partial charge in [-0.3, -0.25) is 10.2 Å². The minimum absolute atomic E-state index is 0.211. The van der Waals surface area contributed by atoms with Crippen LogP contribution in [0.15, 0.2) is 33.9 Å². The minimum Gasteiger partial charge on any atom is -0.356 e. The smallest absolute Gasteiger partial charge is 0.265 e. The SMILES string of the molecule is N=C(c1csc(C(=O)N2CCN(S(=O)(=O)c3cc4ccc(Cl)cc4s3)CC2)c1Cl)N1CCC1. The third-order valence-corrected chi connectivity index (χ3v) is 11.1. The van der Waals surface area contributed by atoms with Crippen LogP contribution >= 0.6 is 45.9 Å². The number of amides is 1. The van der Waals surface area contributed by atoms with Gasteiger partial charge < -0.3 is 9.80 Å². The molecule has 2 aromatic heterocycles. The van der Waals surface area contributed by atoms with Gasteiger partial charge in [0.05, 0.1) is 5.02 Å². The Bertz CT molecular complexity index is 1360. The van der Waals surface area contributed by atoms with Gasteiger partial charge in [-0.15, -0.1) is 22.7 Å². The highest BCUT2D eigenvalue weighted by Crippen LogP contribution is 2.34. The summed E-state index contributed by atoms with van der Waals surface area (Å²) in [7, 11) is -3.66. The van der Waals surface area contributed by atoms with E-state index in [4.69, 9.17) is 28.6 Å². The Hall–Kier alpha value is -1.69. The third-order valence-electron chi connectivity index (χ3n) is 5.93. The first-order valence-electron chi connectivity index (χ1n) is 10.3. The number of carbonyl (C=O) groups excluding carboxylic acids is 1. The molecule has 0 aliphatic carbocycles. The lowest BCUT2D eigenvalue weighted by Crippen LogP contribution is -2.50. The summed E-state index contributed by atoms with van der Waals surface area (Å²) in [5.41, 5.74) is 0.579. The van der Waals surface area contributed by atoms with E-state index in [1.807, 2.05) is 11.0 Å². The van der Waals surface area contributed by atoms with Crippen LogP contribution in [0, 0.1) is 5.41 Å². The highest BCUT2D eigenvalue weighted by Gasteiger charge is 2.33. The second kappa shape index (κ2) is 8.83. The molecule has 0 atom stereocenters. The zero-order chi connectivity index (χ0) is 23.3. The van der Waals surface area contributed by atoms with Crippen LogP contribution < -0.4 is 0 Å². The van der Waals surface area contributed by atoms with Gasteiger partial charge in [-0.25, -0.2) is 8.42 Å². The molecule has 0 spiro atoms. The summed E-state index contributed by atoms with van der Waals surface area (Å²) in [5.74, 6) is 0.128. The summed E-state index contributed by atoms with van der Waals surface area (Å²) < 4.78 is 28.9. The van der Waals surface area contributed by atoms with Gasteiger partial charge >= 0.3 is 0 Å². The lowest BCUT2D eigenvalue weighted by atomic mass is 10.1. The van der Waals surface area contributed by atoms with Gasteiger partial charge in [-0.2, -0.15) is 4.31 Å². The molecule has 2 fully saturated rings. The average Bonchev–Trinajstić information content (AvgIpc) is 3.35. The molecule has 12 heteroatoms. The Balaban J connectivity index is 1.28. The van der Waals surface area contributed by atoms with Crippen molar-refractivity contribution in [3.8, 4) is 0 Å². The summed E-state index contributed by atoms with van der Waals surface area (Å²) in [6.45, 7) is 2.64. The fourth-order valence-corrected chi connectivity index (χ4v) is 8.45. The Morgan fingerprint density at radius 1 is 1.00 bits per heavy atom. The lowest BCUT2D eigenvalue weighted by Gasteiger charge is -2.34. The molecular weight excluding hydrogens is 523 g/mol. The number of nitrogens with one attached hydrogen (secondary N) is 1. The standard InChI is InChI=1S/C21H20Cl2N4O3S3/c22-14-3-2-13-10-17(32-16(13)11-14)33(29,30)27-8-6-26(7-9-27)21(28)19-18(23)15(12-31-19)20(24)25-4-1-5-25/h2-3,10-12,24H,1,4-9H2. The molecule has 174 valence electrons. The second-order valence-corrected chi connectivity index (χ2v) is 12.9. The van der Waals surface area contributed by atoms with Crippen LogP contribution in [0.2, 0.25) is 10.0 Å². The van der Waals surface area contributed by atoms with E-state index in [2.05, 4.69) is 0 Å². The number of sulfonamides is 1. The number of halogens is 2. The number of carbonyl (C=O) groups is 1. The zero-order valence-corrected chi connectivity index (χ0v) is 21.3. The van der Waals surface area contributed by atoms with Crippen LogP contribution in [-0.4, -0.2) is 73.5 Å². The number of nitrogens with zero attached hydrogens (tertiary/aromatic N) is 3. The first-order chi connectivity index (χ1) is 15.8. The normalized spacial score (nSPS) is 17.4. The number of fused-ring (bicyclic) bond motifs is 1. The number of likely N-dealkylation sites (tertiary alicyclic amines) is 1. The van der Waals surface area contributed by atoms with E-state index in [0.717, 1.165) is 29.6 Å². The van der Waals surface area contributed by atoms with Gasteiger partial charge in [0.2, 0.25) is 0 Å². The highest BCUT2D eigenvalue weighted by molar-refractivity contribution is 7.91. The lowest BCUT2D eigenvalue weighted by molar-refractivity contribution is 0.0703. The van der Waals surface area contributed by atoms with Crippen molar-refractivity contribution in [1.82, 2.24) is 14.1 Å². The van der Waals surface area contributed by atoms with Crippen LogP contribution in [0.5, 0.6) is 0 Å². The molecule has 7 nitrogen and oxygen atoms in total. The van der Waals surface area contributed by atoms with Crippen molar-refractivity contribution < 1.29 is 13.2 Å². The van der Waals surface area contributed by atoms with Crippen molar-refractivity contribution in [3.63, 3.8) is 0 Å². The van der Waals surface area contributed by atoms with Crippen LogP contribution in [0.25, 0.3) is 10.1 Å². The van der Waals surface area contributed by atoms with E-state index < -0.39 is 10.0 Å². The topological polar surface area (TPSA) is 84.8 Å². The van der Waals surface area contributed by atoms with Gasteiger partial charge in [0.15, 0.2) is 0 Å². The molecule has 3 aromatic rings. The van der Waals surface area contributed by atoms with Crippen LogP contribution in [0.3, 0.4) is 0 Å². The fourth-order valence-electron chi connectivity index (χ4n) is 3.87. The molecule has 0 unspecified atom stereocenters. The number of piperazine rings is 1. The molecule has 0 radical (unpaired) electrons. The number of rotatable bonds is 4. The highest BCUT2D eigenvalue weighted by atomic mass is 35.5. The van der Waals surface area contributed by atoms with E-state index in [1.54, 1.807) is 28.5 Å². The largest absolute Gasteiger partial charge is 0.356 e. The zero-order valence-electron chi connectivity index (χ0n) is 17.4. The molecule has 1 aromatic carbocycles. The van der Waals surface area contributed by atoms with Crippen molar-refractivity contribution in [3.05, 3.63) is 50.1 Å². The van der Waals surface area contributed by atoms with E-state index in [1.165, 1.54) is 27.0 Å². The molecule has 2 aliphatic rings. The number of amidine groups is 1. The molecule has 4 heterocycles. The monoisotopic (exact) mass is 542 g/mol. The van der Waals surface area contributed by atoms with Crippen molar-refractivity contribution in [2.24, 2.45) is 0 Å². The molecule has 0 saturated carbocycles. The molecule has 2 aliphatic heterocycles. The maximum absolute atomic E-state index is 13.2. The second-order valence-electron chi connectivity index (χ2n) is 7.93. The van der Waals surface area contributed by atoms with Crippen LogP contribution in [0.4, 0.5) is 0 Å². The Kier molecular flexibility index (Phi) is 6.17. The van der Waals surface area contributed by atoms with Crippen molar-refractivity contribution >= 4 is 77.7 Å². The molecule has 2 saturated heterocycles. The molecule has 1 amide bonds. The van der Waals surface area contributed by atoms with E-state index in [0.29, 0.717) is 26.3 Å². The quantitative estimate of drug-likeness (QED) is 0.390. The number of hydrogen-bond acceptors (Lipinski definition) is 6. The first kappa shape index (κ1) is 23.1. The van der Waals surface area contributed by atoms with Gasteiger partial charge in [-0.1, -0.05) is 29.3 Å². The molecule has 0 bridgehead atoms. The Morgan fingerprint density at radius 3 is 2.39 bits per heavy atom. The summed E-state index contributed by atoms with van der Waals surface area (Å²) in [5, 5.41) is 11.8. The van der Waals surface area contributed by atoms with Crippen LogP contribution in [-0.2, 0) is 10.0 Å². The summed E-state index contributed by atoms with van der Waals surface area (Å²) in [4.78, 5) is 17.0. The van der Waals surface area contributed by atoms with Crippen molar-refractivity contribution in [2.45, 2.75) is 10.6 Å². The Morgan fingerprint density at radius 2 is 1.73 bits per heavy atom. The van der Waals surface area contributed by atoms with Crippen molar-refractivity contribution in [1.29, 1.82) is 5.41 Å². The van der Waals surface area contributed by atoms with E-state index >= 15 is 0 Å². The summed E-state index contributed by atoms with van der Waals surface area (Å²) >= 11 is 14.9. The van der Waals surface area contributed by atoms with Crippen LogP contribution in [0.1, 0.15) is 21.7 Å². The molecule has 33 heavy (non-hydrogen) atoms. The number of hydrogen-bond donors (Lipinski definition) is 1. The average molecular weight is 544 g/mol. The van der Waals surface area contributed by atoms with Gasteiger partial charge in [0, 0.05) is 59.9 Å². The predicted molar refractivity (Wildman–Crippen MR) is 134 cm³/mol. The molecular formula is C21H20Cl2N4O3S3. The Labute approximate surface area is 209 Å². The fraction of sp³-hybridized carbons (Fsp3) is 0.333. The van der Waals surface area contributed by atoms with Crippen molar-refractivity contribution in [2.75, 3.05) is 39.3 Å². The summed E-state index contributed by atoms with van der Waals surface area (Å²) in [6.07, 6.45) is 1.05. The van der Waals surface area contributed by atoms with Gasteiger partial charge in [0.1, 0.15) is 14.9 Å². The van der Waals surface area contributed by atoms with E-state index in [9.17, 15) is 13.2 Å². The predicted octanol–water partition coefficient (Wildman–Crippen LogP) is 4.45. The molecule has 1 N–H and O–H groups in total. The number of thiophene rings is 2. The first-order valence-corrected chi connectivity index (χ1v) is 14.2. The maximum Gasteiger partial charge on any atom is 0.265 e. The third kappa shape index (κ3) is 4.17. The minimum atomic E-state index is -3.66. The number of benzene rings is 1.